The monoisotopic (exact) mass is 364 g/mol. The summed E-state index contributed by atoms with van der Waals surface area (Å²) in [4.78, 5) is 18.4. The second-order valence-electron chi connectivity index (χ2n) is 5.34. The van der Waals surface area contributed by atoms with Gasteiger partial charge in [-0.3, -0.25) is 0 Å². The maximum absolute atomic E-state index is 13.1. The van der Waals surface area contributed by atoms with Crippen LogP contribution in [0.5, 0.6) is 0 Å². The van der Waals surface area contributed by atoms with Gasteiger partial charge < -0.3 is 15.1 Å². The van der Waals surface area contributed by atoms with E-state index < -0.39 is 5.03 Å². The fourth-order valence-corrected chi connectivity index (χ4v) is 2.56. The lowest BCUT2D eigenvalue weighted by atomic mass is 10.2. The van der Waals surface area contributed by atoms with Gasteiger partial charge in [0.1, 0.15) is 16.1 Å². The summed E-state index contributed by atoms with van der Waals surface area (Å²) in [5.74, 6) is -0.174. The third kappa shape index (κ3) is 4.32. The summed E-state index contributed by atoms with van der Waals surface area (Å²) in [6, 6.07) is 9.46. The Balaban J connectivity index is 1.81. The van der Waals surface area contributed by atoms with E-state index in [-0.39, 0.29) is 11.8 Å². The largest absolute Gasteiger partial charge is 0.336 e. The molecular weight excluding hydrogens is 351 g/mol. The summed E-state index contributed by atoms with van der Waals surface area (Å²) < 4.78 is 13.1. The quantitative estimate of drug-likeness (QED) is 0.508. The number of benzene rings is 1. The minimum absolute atomic E-state index is 0.151. The number of hydrogen-bond donors (Lipinski definition) is 1. The van der Waals surface area contributed by atoms with E-state index in [1.807, 2.05) is 4.90 Å². The van der Waals surface area contributed by atoms with Crippen molar-refractivity contribution in [3.8, 4) is 0 Å². The van der Waals surface area contributed by atoms with Crippen molar-refractivity contribution in [3.63, 3.8) is 0 Å². The molecule has 3 rings (SSSR count). The number of nitrogens with one attached hydrogen (secondary N) is 1. The molecule has 1 N–H and O–H groups in total. The Labute approximate surface area is 147 Å². The molecule has 1 aromatic heterocycles. The van der Waals surface area contributed by atoms with Crippen LogP contribution >= 0.6 is 11.6 Å². The molecule has 2 heterocycles. The number of nitro groups is 1. The average Bonchev–Trinajstić information content (AvgIpc) is 2.59. The second kappa shape index (κ2) is 7.31. The molecule has 0 aliphatic carbocycles. The van der Waals surface area contributed by atoms with Crippen LogP contribution in [0.15, 0.2) is 47.7 Å². The van der Waals surface area contributed by atoms with Crippen LogP contribution in [0.3, 0.4) is 0 Å². The first-order chi connectivity index (χ1) is 12.0. The number of aromatic nitrogens is 1. The van der Waals surface area contributed by atoms with Gasteiger partial charge in [-0.15, -0.1) is 0 Å². The number of hydrazone groups is 1. The zero-order chi connectivity index (χ0) is 17.8. The molecule has 1 aliphatic heterocycles. The third-order valence-corrected chi connectivity index (χ3v) is 3.82. The topological polar surface area (TPSA) is 86.9 Å². The van der Waals surface area contributed by atoms with Crippen LogP contribution in [0.25, 0.3) is 0 Å². The van der Waals surface area contributed by atoms with Crippen LogP contribution in [0.4, 0.5) is 10.1 Å². The van der Waals surface area contributed by atoms with Gasteiger partial charge in [0.15, 0.2) is 5.03 Å². The molecule has 10 heteroatoms. The van der Waals surface area contributed by atoms with Gasteiger partial charge in [-0.25, -0.2) is 19.5 Å². The molecule has 0 atom stereocenters. The molecule has 1 saturated heterocycles. The van der Waals surface area contributed by atoms with Crippen molar-refractivity contribution in [1.82, 2.24) is 15.2 Å². The Kier molecular flexibility index (Phi) is 4.94. The Hall–Kier alpha value is -2.94. The summed E-state index contributed by atoms with van der Waals surface area (Å²) in [7, 11) is 0. The van der Waals surface area contributed by atoms with E-state index in [0.717, 1.165) is 11.3 Å². The zero-order valence-electron chi connectivity index (χ0n) is 13.0. The third-order valence-electron chi connectivity index (χ3n) is 3.60. The van der Waals surface area contributed by atoms with Crippen LogP contribution in [-0.4, -0.2) is 34.2 Å². The van der Waals surface area contributed by atoms with E-state index in [1.165, 1.54) is 12.1 Å². The van der Waals surface area contributed by atoms with Gasteiger partial charge in [-0.05, 0) is 35.9 Å². The number of hydrogen-bond acceptors (Lipinski definition) is 4. The summed E-state index contributed by atoms with van der Waals surface area (Å²) in [6.07, 6.45) is 1.60. The van der Waals surface area contributed by atoms with E-state index in [1.54, 1.807) is 35.4 Å². The molecule has 0 radical (unpaired) electrons. The lowest BCUT2D eigenvalue weighted by Crippen LogP contribution is -2.57. The van der Waals surface area contributed by atoms with Gasteiger partial charge in [0.2, 0.25) is 0 Å². The molecule has 0 spiro atoms. The van der Waals surface area contributed by atoms with Gasteiger partial charge in [0.25, 0.3) is 5.96 Å². The Morgan fingerprint density at radius 1 is 1.32 bits per heavy atom. The van der Waals surface area contributed by atoms with Crippen molar-refractivity contribution < 1.29 is 9.42 Å². The van der Waals surface area contributed by atoms with Crippen molar-refractivity contribution in [1.29, 1.82) is 0 Å². The summed E-state index contributed by atoms with van der Waals surface area (Å²) >= 11 is 5.78. The fourth-order valence-electron chi connectivity index (χ4n) is 2.45. The number of halogens is 2. The molecule has 25 heavy (non-hydrogen) atoms. The predicted octanol–water partition coefficient (Wildman–Crippen LogP) is 2.25. The molecule has 1 aromatic carbocycles. The van der Waals surface area contributed by atoms with Crippen LogP contribution in [0.2, 0.25) is 5.15 Å². The summed E-state index contributed by atoms with van der Waals surface area (Å²) in [6.45, 7) is 1.00. The number of nitrogens with zero attached hydrogens (tertiary/aromatic N) is 5. The summed E-state index contributed by atoms with van der Waals surface area (Å²) in [5, 5.41) is 16.7. The molecule has 1 fully saturated rings. The molecule has 2 aromatic rings. The molecule has 130 valence electrons. The van der Waals surface area contributed by atoms with Crippen molar-refractivity contribution in [2.75, 3.05) is 18.2 Å². The summed E-state index contributed by atoms with van der Waals surface area (Å²) in [5.41, 5.74) is 1.61. The Morgan fingerprint density at radius 3 is 2.72 bits per heavy atom. The smallest absolute Gasteiger partial charge is 0.274 e. The van der Waals surface area contributed by atoms with Gasteiger partial charge in [0, 0.05) is 18.4 Å². The highest BCUT2D eigenvalue weighted by Gasteiger charge is 2.25. The average molecular weight is 365 g/mol. The zero-order valence-corrected chi connectivity index (χ0v) is 13.7. The van der Waals surface area contributed by atoms with Gasteiger partial charge in [0.05, 0.1) is 13.3 Å². The normalized spacial score (nSPS) is 16.0. The van der Waals surface area contributed by atoms with Crippen LogP contribution in [-0.2, 0) is 6.54 Å². The molecular formula is C15H14ClFN6O2. The first kappa shape index (κ1) is 16.9. The van der Waals surface area contributed by atoms with E-state index >= 15 is 0 Å². The van der Waals surface area contributed by atoms with Crippen LogP contribution < -0.4 is 10.2 Å². The van der Waals surface area contributed by atoms with E-state index in [4.69, 9.17) is 11.6 Å². The SMILES string of the molecule is O=[N+]([O-])/N=C1\NCN(c2ccc(F)cc2)CN1Cc1ccc(Cl)nc1. The first-order valence-corrected chi connectivity index (χ1v) is 7.72. The minimum Gasteiger partial charge on any atom is -0.336 e. The lowest BCUT2D eigenvalue weighted by molar-refractivity contribution is -0.486. The Morgan fingerprint density at radius 2 is 2.08 bits per heavy atom. The molecule has 0 bridgehead atoms. The molecule has 0 unspecified atom stereocenters. The van der Waals surface area contributed by atoms with Crippen LogP contribution in [0.1, 0.15) is 5.56 Å². The van der Waals surface area contributed by atoms with Crippen molar-refractivity contribution >= 4 is 23.2 Å². The number of pyridine rings is 1. The van der Waals surface area contributed by atoms with Gasteiger partial charge in [-0.2, -0.15) is 0 Å². The molecule has 0 saturated carbocycles. The number of rotatable bonds is 4. The highest BCUT2D eigenvalue weighted by Crippen LogP contribution is 2.18. The van der Waals surface area contributed by atoms with E-state index in [9.17, 15) is 14.5 Å². The fraction of sp³-hybridized carbons (Fsp3) is 0.200. The first-order valence-electron chi connectivity index (χ1n) is 7.34. The minimum atomic E-state index is -0.747. The van der Waals surface area contributed by atoms with Crippen molar-refractivity contribution in [2.24, 2.45) is 5.10 Å². The number of guanidine groups is 1. The van der Waals surface area contributed by atoms with Crippen LogP contribution in [0, 0.1) is 15.9 Å². The Bertz CT molecular complexity index is 784. The maximum Gasteiger partial charge on any atom is 0.274 e. The molecule has 0 amide bonds. The lowest BCUT2D eigenvalue weighted by Gasteiger charge is -2.38. The predicted molar refractivity (Wildman–Crippen MR) is 91.0 cm³/mol. The second-order valence-corrected chi connectivity index (χ2v) is 5.73. The van der Waals surface area contributed by atoms with E-state index in [0.29, 0.717) is 25.0 Å². The molecule has 8 nitrogen and oxygen atoms in total. The standard InChI is InChI=1S/C15H14ClFN6O2/c16-14-6-1-11(7-18-14)8-21-10-22(9-19-15(21)20-23(24)25)13-4-2-12(17)3-5-13/h1-7H,8-10H2,(H,19,20). The van der Waals surface area contributed by atoms with E-state index in [2.05, 4.69) is 15.4 Å². The van der Waals surface area contributed by atoms with Crippen molar-refractivity contribution in [2.45, 2.75) is 6.54 Å². The number of anilines is 1. The van der Waals surface area contributed by atoms with Gasteiger partial charge in [-0.1, -0.05) is 17.7 Å². The van der Waals surface area contributed by atoms with Crippen molar-refractivity contribution in [3.05, 3.63) is 69.2 Å². The molecule has 1 aliphatic rings. The van der Waals surface area contributed by atoms with Gasteiger partial charge >= 0.3 is 0 Å². The highest BCUT2D eigenvalue weighted by atomic mass is 35.5. The highest BCUT2D eigenvalue weighted by molar-refractivity contribution is 6.29. The maximum atomic E-state index is 13.1.